The minimum atomic E-state index is -0.170. The molecule has 0 bridgehead atoms. The van der Waals surface area contributed by atoms with Gasteiger partial charge in [-0.05, 0) is 24.6 Å². The molecule has 0 spiro atoms. The minimum absolute atomic E-state index is 0.0703. The first kappa shape index (κ1) is 14.6. The maximum absolute atomic E-state index is 12.3. The maximum atomic E-state index is 12.3. The molecule has 1 aromatic carbocycles. The van der Waals surface area contributed by atoms with Crippen LogP contribution in [0.5, 0.6) is 0 Å². The lowest BCUT2D eigenvalue weighted by atomic mass is 10.2. The second-order valence-corrected chi connectivity index (χ2v) is 6.21. The molecule has 0 aliphatic rings. The van der Waals surface area contributed by atoms with Gasteiger partial charge in [0.15, 0.2) is 5.65 Å². The van der Waals surface area contributed by atoms with Crippen molar-refractivity contribution in [1.82, 2.24) is 14.6 Å². The number of amides is 1. The molecular weight excluding hydrogens is 296 g/mol. The molecule has 3 rings (SSSR count). The first-order valence-corrected chi connectivity index (χ1v) is 8.05. The normalized spacial score (nSPS) is 12.2. The number of nitrogens with zero attached hydrogens (tertiary/aromatic N) is 3. The van der Waals surface area contributed by atoms with Gasteiger partial charge in [-0.2, -0.15) is 0 Å². The largest absolute Gasteiger partial charge is 0.293 e. The second-order valence-electron chi connectivity index (χ2n) is 4.88. The summed E-state index contributed by atoms with van der Waals surface area (Å²) in [7, 11) is 0. The first-order chi connectivity index (χ1) is 10.7. The molecule has 0 fully saturated rings. The van der Waals surface area contributed by atoms with Crippen molar-refractivity contribution in [1.29, 1.82) is 0 Å². The highest BCUT2D eigenvalue weighted by molar-refractivity contribution is 7.99. The third-order valence-electron chi connectivity index (χ3n) is 3.26. The molecule has 112 valence electrons. The summed E-state index contributed by atoms with van der Waals surface area (Å²) in [4.78, 5) is 12.3. The van der Waals surface area contributed by atoms with Crippen LogP contribution < -0.4 is 5.32 Å². The molecule has 6 heteroatoms. The zero-order valence-corrected chi connectivity index (χ0v) is 13.0. The quantitative estimate of drug-likeness (QED) is 0.787. The number of nitrogens with one attached hydrogen (secondary N) is 1. The number of carbonyl (C=O) groups excluding carboxylic acids is 1. The topological polar surface area (TPSA) is 59.3 Å². The van der Waals surface area contributed by atoms with Gasteiger partial charge in [0.05, 0.1) is 5.25 Å². The van der Waals surface area contributed by atoms with Crippen molar-refractivity contribution in [3.05, 3.63) is 60.3 Å². The number of rotatable bonds is 5. The van der Waals surface area contributed by atoms with Crippen molar-refractivity contribution < 1.29 is 4.79 Å². The molecule has 1 atom stereocenters. The van der Waals surface area contributed by atoms with Crippen LogP contribution in [0.1, 0.15) is 12.5 Å². The Balaban J connectivity index is 1.61. The number of anilines is 1. The first-order valence-electron chi connectivity index (χ1n) is 7.00. The van der Waals surface area contributed by atoms with Gasteiger partial charge in [0.25, 0.3) is 0 Å². The predicted octanol–water partition coefficient (Wildman–Crippen LogP) is 2.99. The van der Waals surface area contributed by atoms with Crippen LogP contribution in [0.25, 0.3) is 5.65 Å². The van der Waals surface area contributed by atoms with Crippen LogP contribution in [0, 0.1) is 0 Å². The highest BCUT2D eigenvalue weighted by Crippen LogP contribution is 2.19. The van der Waals surface area contributed by atoms with Crippen LogP contribution in [0.2, 0.25) is 0 Å². The molecule has 3 aromatic rings. The summed E-state index contributed by atoms with van der Waals surface area (Å²) in [5.41, 5.74) is 1.92. The van der Waals surface area contributed by atoms with Gasteiger partial charge in [-0.15, -0.1) is 22.0 Å². The number of thioether (sulfide) groups is 1. The van der Waals surface area contributed by atoms with E-state index in [1.807, 2.05) is 49.5 Å². The van der Waals surface area contributed by atoms with E-state index in [9.17, 15) is 4.79 Å². The van der Waals surface area contributed by atoms with E-state index in [1.165, 1.54) is 5.56 Å². The molecule has 0 unspecified atom stereocenters. The molecule has 2 heterocycles. The third-order valence-corrected chi connectivity index (χ3v) is 4.47. The molecule has 2 aromatic heterocycles. The van der Waals surface area contributed by atoms with Crippen LogP contribution >= 0.6 is 11.8 Å². The van der Waals surface area contributed by atoms with Crippen LogP contribution in [-0.4, -0.2) is 25.8 Å². The average molecular weight is 312 g/mol. The fourth-order valence-electron chi connectivity index (χ4n) is 2.01. The zero-order valence-electron chi connectivity index (χ0n) is 12.1. The Morgan fingerprint density at radius 2 is 1.95 bits per heavy atom. The number of hydrogen-bond donors (Lipinski definition) is 1. The predicted molar refractivity (Wildman–Crippen MR) is 88.8 cm³/mol. The van der Waals surface area contributed by atoms with Crippen molar-refractivity contribution >= 4 is 29.3 Å². The Labute approximate surface area is 132 Å². The van der Waals surface area contributed by atoms with Gasteiger partial charge in [-0.25, -0.2) is 0 Å². The van der Waals surface area contributed by atoms with Gasteiger partial charge in [-0.1, -0.05) is 36.4 Å². The van der Waals surface area contributed by atoms with Gasteiger partial charge in [0.2, 0.25) is 11.9 Å². The smallest absolute Gasteiger partial charge is 0.239 e. The Morgan fingerprint density at radius 3 is 2.77 bits per heavy atom. The monoisotopic (exact) mass is 312 g/mol. The van der Waals surface area contributed by atoms with E-state index in [1.54, 1.807) is 16.2 Å². The van der Waals surface area contributed by atoms with Crippen molar-refractivity contribution in [2.75, 3.05) is 5.32 Å². The number of aromatic nitrogens is 3. The van der Waals surface area contributed by atoms with E-state index < -0.39 is 0 Å². The van der Waals surface area contributed by atoms with Gasteiger partial charge in [0, 0.05) is 11.9 Å². The Morgan fingerprint density at radius 1 is 1.18 bits per heavy atom. The molecule has 0 saturated heterocycles. The Kier molecular flexibility index (Phi) is 4.39. The molecule has 0 radical (unpaired) electrons. The maximum Gasteiger partial charge on any atom is 0.239 e. The number of fused-ring (bicyclic) bond motifs is 1. The zero-order chi connectivity index (χ0) is 15.4. The van der Waals surface area contributed by atoms with E-state index in [0.29, 0.717) is 11.6 Å². The van der Waals surface area contributed by atoms with E-state index in [2.05, 4.69) is 27.6 Å². The summed E-state index contributed by atoms with van der Waals surface area (Å²) in [6.07, 6.45) is 1.83. The SMILES string of the molecule is C[C@H](SCc1ccccc1)C(=O)Nc1nnc2ccccn12. The number of carbonyl (C=O) groups is 1. The van der Waals surface area contributed by atoms with Crippen molar-refractivity contribution in [3.63, 3.8) is 0 Å². The summed E-state index contributed by atoms with van der Waals surface area (Å²) < 4.78 is 1.76. The second kappa shape index (κ2) is 6.62. The van der Waals surface area contributed by atoms with E-state index >= 15 is 0 Å². The fraction of sp³-hybridized carbons (Fsp3) is 0.188. The minimum Gasteiger partial charge on any atom is -0.293 e. The van der Waals surface area contributed by atoms with Gasteiger partial charge in [0.1, 0.15) is 0 Å². The molecule has 0 aliphatic carbocycles. The van der Waals surface area contributed by atoms with Gasteiger partial charge < -0.3 is 0 Å². The molecule has 5 nitrogen and oxygen atoms in total. The highest BCUT2D eigenvalue weighted by atomic mass is 32.2. The van der Waals surface area contributed by atoms with E-state index in [0.717, 1.165) is 5.75 Å². The number of pyridine rings is 1. The fourth-order valence-corrected chi connectivity index (χ4v) is 2.85. The molecule has 22 heavy (non-hydrogen) atoms. The summed E-state index contributed by atoms with van der Waals surface area (Å²) in [5.74, 6) is 1.18. The van der Waals surface area contributed by atoms with Gasteiger partial charge >= 0.3 is 0 Å². The van der Waals surface area contributed by atoms with E-state index in [-0.39, 0.29) is 11.2 Å². The lowest BCUT2D eigenvalue weighted by molar-refractivity contribution is -0.115. The summed E-state index contributed by atoms with van der Waals surface area (Å²) >= 11 is 1.60. The van der Waals surface area contributed by atoms with Crippen LogP contribution in [0.3, 0.4) is 0 Å². The van der Waals surface area contributed by atoms with Crippen LogP contribution in [0.4, 0.5) is 5.95 Å². The third kappa shape index (κ3) is 3.28. The molecule has 1 amide bonds. The van der Waals surface area contributed by atoms with Crippen molar-refractivity contribution in [2.45, 2.75) is 17.9 Å². The molecule has 0 saturated carbocycles. The van der Waals surface area contributed by atoms with Gasteiger partial charge in [-0.3, -0.25) is 14.5 Å². The standard InChI is InChI=1S/C16H16N4OS/c1-12(22-11-13-7-3-2-4-8-13)15(21)17-16-19-18-14-9-5-6-10-20(14)16/h2-10,12H,11H2,1H3,(H,17,19,21)/t12-/m0/s1. The van der Waals surface area contributed by atoms with E-state index in [4.69, 9.17) is 0 Å². The highest BCUT2D eigenvalue weighted by Gasteiger charge is 2.16. The Hall–Kier alpha value is -2.34. The molecular formula is C16H16N4OS. The summed E-state index contributed by atoms with van der Waals surface area (Å²) in [6, 6.07) is 15.7. The van der Waals surface area contributed by atoms with Crippen LogP contribution in [-0.2, 0) is 10.5 Å². The average Bonchev–Trinajstić information content (AvgIpc) is 2.97. The number of hydrogen-bond acceptors (Lipinski definition) is 4. The Bertz CT molecular complexity index is 772. The van der Waals surface area contributed by atoms with Crippen molar-refractivity contribution in [2.24, 2.45) is 0 Å². The summed E-state index contributed by atoms with van der Waals surface area (Å²) in [6.45, 7) is 1.90. The molecule has 1 N–H and O–H groups in total. The lowest BCUT2D eigenvalue weighted by Crippen LogP contribution is -2.23. The van der Waals surface area contributed by atoms with Crippen molar-refractivity contribution in [3.8, 4) is 0 Å². The lowest BCUT2D eigenvalue weighted by Gasteiger charge is -2.11. The molecule has 0 aliphatic heterocycles. The van der Waals surface area contributed by atoms with Crippen LogP contribution in [0.15, 0.2) is 54.7 Å². The number of benzene rings is 1. The summed E-state index contributed by atoms with van der Waals surface area (Å²) in [5, 5.41) is 10.7.